The van der Waals surface area contributed by atoms with Gasteiger partial charge < -0.3 is 31.5 Å². The molecule has 0 radical (unpaired) electrons. The van der Waals surface area contributed by atoms with Crippen LogP contribution in [0.5, 0.6) is 0 Å². The van der Waals surface area contributed by atoms with Crippen molar-refractivity contribution in [3.8, 4) is 0 Å². The summed E-state index contributed by atoms with van der Waals surface area (Å²) in [5.41, 5.74) is 5.19. The van der Waals surface area contributed by atoms with Gasteiger partial charge in [-0.25, -0.2) is 0 Å². The largest absolute Gasteiger partial charge is 0.481 e. The molecule has 5 atom stereocenters. The minimum atomic E-state index is -1.15. The molecular weight excluding hydrogens is 396 g/mol. The van der Waals surface area contributed by atoms with Crippen LogP contribution in [0.25, 0.3) is 0 Å². The van der Waals surface area contributed by atoms with Crippen LogP contribution in [0, 0.1) is 0 Å². The summed E-state index contributed by atoms with van der Waals surface area (Å²) in [5.74, 6) is -3.33. The number of rotatable bonds is 11. The van der Waals surface area contributed by atoms with E-state index in [1.165, 1.54) is 13.8 Å². The molecule has 0 unspecified atom stereocenters. The molecule has 1 aliphatic rings. The standard InChI is InChI=1S/C19H32N4O7/c1-10(18(28)23-14(17(20)27)8-9-16(25)26)21-19(29)11(2)30-15-7-5-4-6-13(15)22-12(3)24/h10-11,13-15H,4-9H2,1-3H3,(H2,20,27)(H,21,29)(H,22,24)(H,23,28)(H,25,26)/t10-,11-,13+,14+,15+/m0/s1. The van der Waals surface area contributed by atoms with Crippen molar-refractivity contribution in [2.75, 3.05) is 0 Å². The van der Waals surface area contributed by atoms with Crippen molar-refractivity contribution in [3.05, 3.63) is 0 Å². The second-order valence-electron chi connectivity index (χ2n) is 7.53. The van der Waals surface area contributed by atoms with Crippen molar-refractivity contribution < 1.29 is 33.8 Å². The van der Waals surface area contributed by atoms with E-state index in [1.807, 2.05) is 0 Å². The van der Waals surface area contributed by atoms with Gasteiger partial charge in [0.15, 0.2) is 0 Å². The lowest BCUT2D eigenvalue weighted by atomic mass is 9.92. The van der Waals surface area contributed by atoms with E-state index in [2.05, 4.69) is 16.0 Å². The van der Waals surface area contributed by atoms with Crippen LogP contribution in [0.1, 0.15) is 59.3 Å². The van der Waals surface area contributed by atoms with E-state index in [0.29, 0.717) is 6.42 Å². The van der Waals surface area contributed by atoms with Crippen molar-refractivity contribution in [2.24, 2.45) is 5.73 Å². The third-order valence-electron chi connectivity index (χ3n) is 4.90. The average Bonchev–Trinajstić information content (AvgIpc) is 2.65. The Hall–Kier alpha value is -2.69. The van der Waals surface area contributed by atoms with Crippen molar-refractivity contribution >= 4 is 29.6 Å². The Labute approximate surface area is 175 Å². The second-order valence-corrected chi connectivity index (χ2v) is 7.53. The Morgan fingerprint density at radius 1 is 1.07 bits per heavy atom. The van der Waals surface area contributed by atoms with E-state index >= 15 is 0 Å². The molecule has 0 aliphatic heterocycles. The molecule has 0 saturated heterocycles. The third kappa shape index (κ3) is 8.76. The van der Waals surface area contributed by atoms with Crippen molar-refractivity contribution in [1.29, 1.82) is 0 Å². The average molecular weight is 428 g/mol. The fourth-order valence-electron chi connectivity index (χ4n) is 3.26. The van der Waals surface area contributed by atoms with E-state index in [-0.39, 0.29) is 30.9 Å². The second kappa shape index (κ2) is 12.1. The van der Waals surface area contributed by atoms with Crippen LogP contribution in [0.4, 0.5) is 0 Å². The summed E-state index contributed by atoms with van der Waals surface area (Å²) >= 11 is 0. The first-order chi connectivity index (χ1) is 14.0. The molecule has 4 amide bonds. The number of nitrogens with two attached hydrogens (primary N) is 1. The molecule has 0 aromatic heterocycles. The Morgan fingerprint density at radius 3 is 2.27 bits per heavy atom. The molecule has 0 heterocycles. The first-order valence-corrected chi connectivity index (χ1v) is 10.1. The van der Waals surface area contributed by atoms with Gasteiger partial charge in [0, 0.05) is 13.3 Å². The van der Waals surface area contributed by atoms with Crippen LogP contribution >= 0.6 is 0 Å². The Morgan fingerprint density at radius 2 is 1.70 bits per heavy atom. The minimum Gasteiger partial charge on any atom is -0.481 e. The van der Waals surface area contributed by atoms with E-state index in [0.717, 1.165) is 19.3 Å². The number of carbonyl (C=O) groups is 5. The van der Waals surface area contributed by atoms with Gasteiger partial charge in [0.25, 0.3) is 0 Å². The van der Waals surface area contributed by atoms with Gasteiger partial charge in [-0.3, -0.25) is 24.0 Å². The molecule has 170 valence electrons. The van der Waals surface area contributed by atoms with Crippen LogP contribution in [0.3, 0.4) is 0 Å². The number of carbonyl (C=O) groups excluding carboxylic acids is 4. The normalized spacial score (nSPS) is 21.6. The maximum Gasteiger partial charge on any atom is 0.303 e. The molecule has 1 saturated carbocycles. The summed E-state index contributed by atoms with van der Waals surface area (Å²) in [6, 6.07) is -2.31. The van der Waals surface area contributed by atoms with Gasteiger partial charge in [-0.15, -0.1) is 0 Å². The van der Waals surface area contributed by atoms with Gasteiger partial charge in [0.2, 0.25) is 23.6 Å². The highest BCUT2D eigenvalue weighted by molar-refractivity contribution is 5.92. The summed E-state index contributed by atoms with van der Waals surface area (Å²) in [7, 11) is 0. The van der Waals surface area contributed by atoms with E-state index < -0.39 is 41.9 Å². The molecule has 11 heteroatoms. The zero-order valence-corrected chi connectivity index (χ0v) is 17.6. The maximum atomic E-state index is 12.4. The molecule has 1 rings (SSSR count). The van der Waals surface area contributed by atoms with Gasteiger partial charge in [-0.2, -0.15) is 0 Å². The number of carboxylic acids is 1. The predicted octanol–water partition coefficient (Wildman–Crippen LogP) is -0.822. The van der Waals surface area contributed by atoms with Crippen LogP contribution in [0.2, 0.25) is 0 Å². The Bertz CT molecular complexity index is 655. The van der Waals surface area contributed by atoms with E-state index in [9.17, 15) is 24.0 Å². The third-order valence-corrected chi connectivity index (χ3v) is 4.90. The van der Waals surface area contributed by atoms with E-state index in [4.69, 9.17) is 15.6 Å². The lowest BCUT2D eigenvalue weighted by Crippen LogP contribution is -2.54. The molecule has 11 nitrogen and oxygen atoms in total. The van der Waals surface area contributed by atoms with Gasteiger partial charge >= 0.3 is 5.97 Å². The van der Waals surface area contributed by atoms with E-state index in [1.54, 1.807) is 6.92 Å². The summed E-state index contributed by atoms with van der Waals surface area (Å²) < 4.78 is 5.83. The molecule has 0 aromatic rings. The Balaban J connectivity index is 2.58. The first-order valence-electron chi connectivity index (χ1n) is 10.1. The van der Waals surface area contributed by atoms with Gasteiger partial charge in [0.1, 0.15) is 18.2 Å². The number of aliphatic carboxylic acids is 1. The predicted molar refractivity (Wildman–Crippen MR) is 106 cm³/mol. The van der Waals surface area contributed by atoms with Gasteiger partial charge in [-0.1, -0.05) is 12.8 Å². The summed E-state index contributed by atoms with van der Waals surface area (Å²) in [6.07, 6.45) is 1.72. The van der Waals surface area contributed by atoms with Crippen LogP contribution in [-0.4, -0.2) is 65.0 Å². The quantitative estimate of drug-likeness (QED) is 0.285. The monoisotopic (exact) mass is 428 g/mol. The van der Waals surface area contributed by atoms with Crippen molar-refractivity contribution in [1.82, 2.24) is 16.0 Å². The highest BCUT2D eigenvalue weighted by atomic mass is 16.5. The molecule has 0 aromatic carbocycles. The van der Waals surface area contributed by atoms with Crippen molar-refractivity contribution in [2.45, 2.75) is 89.6 Å². The zero-order chi connectivity index (χ0) is 22.8. The minimum absolute atomic E-state index is 0.150. The fourth-order valence-corrected chi connectivity index (χ4v) is 3.26. The number of hydrogen-bond acceptors (Lipinski definition) is 6. The smallest absolute Gasteiger partial charge is 0.303 e. The molecule has 0 bridgehead atoms. The molecule has 1 fully saturated rings. The van der Waals surface area contributed by atoms with Crippen LogP contribution in [0.15, 0.2) is 0 Å². The molecule has 0 spiro atoms. The number of carboxylic acid groups (broad SMARTS) is 1. The SMILES string of the molecule is CC(=O)N[C@@H]1CCCC[C@H]1O[C@@H](C)C(=O)N[C@@H](C)C(=O)N[C@H](CCC(=O)O)C(N)=O. The maximum absolute atomic E-state index is 12.4. The number of ether oxygens (including phenoxy) is 1. The number of primary amides is 1. The number of hydrogen-bond donors (Lipinski definition) is 5. The van der Waals surface area contributed by atoms with Crippen molar-refractivity contribution in [3.63, 3.8) is 0 Å². The lowest BCUT2D eigenvalue weighted by molar-refractivity contribution is -0.141. The number of nitrogens with one attached hydrogen (secondary N) is 3. The zero-order valence-electron chi connectivity index (χ0n) is 17.6. The molecule has 30 heavy (non-hydrogen) atoms. The Kier molecular flexibility index (Phi) is 10.2. The first kappa shape index (κ1) is 25.3. The number of amides is 4. The van der Waals surface area contributed by atoms with Gasteiger partial charge in [0.05, 0.1) is 12.1 Å². The highest BCUT2D eigenvalue weighted by Crippen LogP contribution is 2.22. The lowest BCUT2D eigenvalue weighted by Gasteiger charge is -2.33. The molecule has 1 aliphatic carbocycles. The van der Waals surface area contributed by atoms with Gasteiger partial charge in [-0.05, 0) is 33.1 Å². The fraction of sp³-hybridized carbons (Fsp3) is 0.737. The summed E-state index contributed by atoms with van der Waals surface area (Å²) in [4.78, 5) is 58.1. The van der Waals surface area contributed by atoms with Crippen LogP contribution in [-0.2, 0) is 28.7 Å². The van der Waals surface area contributed by atoms with Crippen LogP contribution < -0.4 is 21.7 Å². The topological polar surface area (TPSA) is 177 Å². The molecular formula is C19H32N4O7. The summed E-state index contributed by atoms with van der Waals surface area (Å²) in [6.45, 7) is 4.41. The summed E-state index contributed by atoms with van der Waals surface area (Å²) in [5, 5.41) is 16.4. The highest BCUT2D eigenvalue weighted by Gasteiger charge is 2.31. The molecule has 6 N–H and O–H groups in total.